The van der Waals surface area contributed by atoms with Crippen LogP contribution in [0, 0.1) is 0 Å². The summed E-state index contributed by atoms with van der Waals surface area (Å²) in [5.41, 5.74) is 6.86. The van der Waals surface area contributed by atoms with E-state index >= 15 is 0 Å². The predicted molar refractivity (Wildman–Crippen MR) is 49.1 cm³/mol. The Morgan fingerprint density at radius 1 is 1.18 bits per heavy atom. The van der Waals surface area contributed by atoms with Crippen molar-refractivity contribution in [2.45, 2.75) is 0 Å². The van der Waals surface area contributed by atoms with Crippen LogP contribution in [0.15, 0.2) is 30.3 Å². The van der Waals surface area contributed by atoms with Crippen molar-refractivity contribution in [1.82, 2.24) is 4.48 Å². The molecule has 0 spiro atoms. The second-order valence-corrected chi connectivity index (χ2v) is 3.20. The first-order valence-corrected chi connectivity index (χ1v) is 3.75. The average molecular weight is 151 g/mol. The Balaban J connectivity index is 2.93. The van der Waals surface area contributed by atoms with Crippen LogP contribution in [0.3, 0.4) is 0 Å². The van der Waals surface area contributed by atoms with Gasteiger partial charge in [-0.05, 0) is 12.1 Å². The summed E-state index contributed by atoms with van der Waals surface area (Å²) in [5, 5.41) is 0. The fourth-order valence-corrected chi connectivity index (χ4v) is 0.937. The monoisotopic (exact) mass is 151 g/mol. The molecule has 2 heteroatoms. The summed E-state index contributed by atoms with van der Waals surface area (Å²) in [6.45, 7) is 0.629. The number of benzene rings is 1. The molecule has 0 amide bonds. The largest absolute Gasteiger partial charge is 0.284 e. The van der Waals surface area contributed by atoms with Gasteiger partial charge in [0, 0.05) is 0 Å². The lowest BCUT2D eigenvalue weighted by atomic mass is 10.3. The molecule has 0 radical (unpaired) electrons. The fourth-order valence-electron chi connectivity index (χ4n) is 0.937. The van der Waals surface area contributed by atoms with Crippen molar-refractivity contribution in [2.24, 2.45) is 5.73 Å². The molecule has 2 N–H and O–H groups in total. The van der Waals surface area contributed by atoms with Gasteiger partial charge in [0.05, 0.1) is 14.1 Å². The highest BCUT2D eigenvalue weighted by Crippen LogP contribution is 2.15. The van der Waals surface area contributed by atoms with E-state index in [-0.39, 0.29) is 0 Å². The van der Waals surface area contributed by atoms with Crippen molar-refractivity contribution in [2.75, 3.05) is 20.8 Å². The Hall–Kier alpha value is -0.860. The van der Waals surface area contributed by atoms with E-state index in [2.05, 4.69) is 26.2 Å². The van der Waals surface area contributed by atoms with Gasteiger partial charge in [-0.2, -0.15) is 0 Å². The van der Waals surface area contributed by atoms with Gasteiger partial charge in [-0.15, -0.1) is 0 Å². The zero-order chi connectivity index (χ0) is 8.32. The van der Waals surface area contributed by atoms with Crippen LogP contribution in [0.1, 0.15) is 0 Å². The number of hydrogen-bond donors (Lipinski definition) is 1. The third kappa shape index (κ3) is 1.79. The lowest BCUT2D eigenvalue weighted by Crippen LogP contribution is -2.45. The van der Waals surface area contributed by atoms with Crippen LogP contribution in [0.5, 0.6) is 0 Å². The normalized spacial score (nSPS) is 11.5. The molecule has 0 aliphatic rings. The van der Waals surface area contributed by atoms with E-state index in [9.17, 15) is 0 Å². The van der Waals surface area contributed by atoms with Crippen LogP contribution in [-0.2, 0) is 0 Å². The van der Waals surface area contributed by atoms with Gasteiger partial charge < -0.3 is 0 Å². The predicted octanol–water partition coefficient (Wildman–Crippen LogP) is 1.17. The fraction of sp³-hybridized carbons (Fsp3) is 0.333. The third-order valence-electron chi connectivity index (χ3n) is 1.91. The van der Waals surface area contributed by atoms with Gasteiger partial charge in [-0.1, -0.05) is 18.2 Å². The van der Waals surface area contributed by atoms with E-state index < -0.39 is 0 Å². The Labute approximate surface area is 67.8 Å². The first-order chi connectivity index (χ1) is 5.17. The number of quaternary nitrogens is 1. The first-order valence-electron chi connectivity index (χ1n) is 3.75. The Bertz CT molecular complexity index is 216. The maximum absolute atomic E-state index is 5.61. The quantitative estimate of drug-likeness (QED) is 0.498. The summed E-state index contributed by atoms with van der Waals surface area (Å²) < 4.78 is 0.737. The van der Waals surface area contributed by atoms with Gasteiger partial charge >= 0.3 is 0 Å². The minimum absolute atomic E-state index is 0.629. The van der Waals surface area contributed by atoms with Gasteiger partial charge in [-0.3, -0.25) is 10.2 Å². The van der Waals surface area contributed by atoms with Gasteiger partial charge in [-0.25, -0.2) is 0 Å². The molecule has 0 fully saturated rings. The van der Waals surface area contributed by atoms with E-state index in [1.54, 1.807) is 0 Å². The number of hydrogen-bond acceptors (Lipinski definition) is 1. The van der Waals surface area contributed by atoms with E-state index in [0.29, 0.717) is 6.67 Å². The summed E-state index contributed by atoms with van der Waals surface area (Å²) in [4.78, 5) is 0. The molecule has 0 heterocycles. The van der Waals surface area contributed by atoms with Gasteiger partial charge in [0.15, 0.2) is 0 Å². The molecule has 11 heavy (non-hydrogen) atoms. The molecule has 0 saturated heterocycles. The smallest absolute Gasteiger partial charge is 0.134 e. The van der Waals surface area contributed by atoms with E-state index in [0.717, 1.165) is 4.48 Å². The second kappa shape index (κ2) is 3.03. The molecule has 1 aromatic carbocycles. The molecule has 0 bridgehead atoms. The highest BCUT2D eigenvalue weighted by atomic mass is 15.3. The lowest BCUT2D eigenvalue weighted by Gasteiger charge is -2.26. The molecule has 1 aromatic rings. The van der Waals surface area contributed by atoms with E-state index in [4.69, 9.17) is 5.73 Å². The summed E-state index contributed by atoms with van der Waals surface area (Å²) >= 11 is 0. The molecule has 0 unspecified atom stereocenters. The summed E-state index contributed by atoms with van der Waals surface area (Å²) in [7, 11) is 4.19. The van der Waals surface area contributed by atoms with Crippen molar-refractivity contribution < 1.29 is 0 Å². The van der Waals surface area contributed by atoms with Crippen molar-refractivity contribution in [3.8, 4) is 0 Å². The number of para-hydroxylation sites is 1. The van der Waals surface area contributed by atoms with Crippen molar-refractivity contribution in [1.29, 1.82) is 0 Å². The average Bonchev–Trinajstić information content (AvgIpc) is 2.06. The van der Waals surface area contributed by atoms with Crippen molar-refractivity contribution in [3.05, 3.63) is 30.3 Å². The molecule has 0 atom stereocenters. The molecular weight excluding hydrogens is 136 g/mol. The van der Waals surface area contributed by atoms with E-state index in [1.807, 2.05) is 18.2 Å². The molecule has 60 valence electrons. The van der Waals surface area contributed by atoms with Gasteiger partial charge in [0.1, 0.15) is 12.4 Å². The standard InChI is InChI=1S/C9H15N2/c1-11(2,8-10)9-6-4-3-5-7-9/h3-7H,8,10H2,1-2H3/q+1. The Morgan fingerprint density at radius 2 is 1.73 bits per heavy atom. The second-order valence-electron chi connectivity index (χ2n) is 3.20. The maximum atomic E-state index is 5.61. The molecule has 0 aromatic heterocycles. The number of nitrogens with zero attached hydrogens (tertiary/aromatic N) is 1. The number of rotatable bonds is 2. The van der Waals surface area contributed by atoms with Crippen molar-refractivity contribution >= 4 is 5.69 Å². The van der Waals surface area contributed by atoms with E-state index in [1.165, 1.54) is 5.69 Å². The molecule has 0 aliphatic heterocycles. The Morgan fingerprint density at radius 3 is 2.18 bits per heavy atom. The highest BCUT2D eigenvalue weighted by molar-refractivity contribution is 5.40. The minimum Gasteiger partial charge on any atom is -0.284 e. The van der Waals surface area contributed by atoms with Crippen LogP contribution in [-0.4, -0.2) is 20.8 Å². The SMILES string of the molecule is C[N+](C)(CN)c1ccccc1. The highest BCUT2D eigenvalue weighted by Gasteiger charge is 2.14. The van der Waals surface area contributed by atoms with Crippen LogP contribution >= 0.6 is 0 Å². The topological polar surface area (TPSA) is 26.0 Å². The van der Waals surface area contributed by atoms with Crippen molar-refractivity contribution in [3.63, 3.8) is 0 Å². The van der Waals surface area contributed by atoms with Gasteiger partial charge in [0.25, 0.3) is 0 Å². The minimum atomic E-state index is 0.629. The van der Waals surface area contributed by atoms with Crippen LogP contribution in [0.4, 0.5) is 5.69 Å². The first kappa shape index (κ1) is 8.24. The maximum Gasteiger partial charge on any atom is 0.134 e. The molecular formula is C9H15N2+. The summed E-state index contributed by atoms with van der Waals surface area (Å²) in [6, 6.07) is 10.3. The van der Waals surface area contributed by atoms with Crippen LogP contribution < -0.4 is 10.2 Å². The summed E-state index contributed by atoms with van der Waals surface area (Å²) in [6.07, 6.45) is 0. The van der Waals surface area contributed by atoms with Crippen LogP contribution in [0.2, 0.25) is 0 Å². The van der Waals surface area contributed by atoms with Gasteiger partial charge in [0.2, 0.25) is 0 Å². The Kier molecular flexibility index (Phi) is 2.27. The molecule has 2 nitrogen and oxygen atoms in total. The van der Waals surface area contributed by atoms with Crippen LogP contribution in [0.25, 0.3) is 0 Å². The lowest BCUT2D eigenvalue weighted by molar-refractivity contribution is 0.411. The molecule has 1 rings (SSSR count). The molecule has 0 aliphatic carbocycles. The third-order valence-corrected chi connectivity index (χ3v) is 1.91. The zero-order valence-corrected chi connectivity index (χ0v) is 7.12. The summed E-state index contributed by atoms with van der Waals surface area (Å²) in [5.74, 6) is 0. The molecule has 0 saturated carbocycles. The zero-order valence-electron chi connectivity index (χ0n) is 7.12. The number of nitrogens with two attached hydrogens (primary N) is 1.